The minimum atomic E-state index is -0.780. The molecule has 0 amide bonds. The van der Waals surface area contributed by atoms with Crippen molar-refractivity contribution in [2.75, 3.05) is 20.6 Å². The Bertz CT molecular complexity index is 320. The van der Waals surface area contributed by atoms with Crippen LogP contribution in [0.4, 0.5) is 0 Å². The molecule has 0 atom stereocenters. The summed E-state index contributed by atoms with van der Waals surface area (Å²) in [6.45, 7) is 1.84. The highest BCUT2D eigenvalue weighted by molar-refractivity contribution is 5.66. The molecule has 0 fully saturated rings. The highest BCUT2D eigenvalue weighted by Crippen LogP contribution is 2.00. The first-order valence-electron chi connectivity index (χ1n) is 4.95. The van der Waals surface area contributed by atoms with Gasteiger partial charge in [0.2, 0.25) is 0 Å². The van der Waals surface area contributed by atoms with E-state index in [0.717, 1.165) is 18.8 Å². The van der Waals surface area contributed by atoms with Crippen molar-refractivity contribution in [3.05, 3.63) is 18.2 Å². The number of carboxylic acids is 1. The van der Waals surface area contributed by atoms with Crippen LogP contribution in [0.2, 0.25) is 0 Å². The third-order valence-corrected chi connectivity index (χ3v) is 2.09. The Hall–Kier alpha value is -1.36. The second kappa shape index (κ2) is 5.50. The van der Waals surface area contributed by atoms with E-state index in [1.54, 1.807) is 6.33 Å². The van der Waals surface area contributed by atoms with E-state index < -0.39 is 5.97 Å². The van der Waals surface area contributed by atoms with Gasteiger partial charge in [0.05, 0.1) is 18.4 Å². The maximum Gasteiger partial charge on any atom is 0.303 e. The highest BCUT2D eigenvalue weighted by atomic mass is 16.4. The van der Waals surface area contributed by atoms with Gasteiger partial charge in [-0.25, -0.2) is 4.98 Å². The van der Waals surface area contributed by atoms with Crippen LogP contribution in [0.5, 0.6) is 0 Å². The molecule has 0 saturated heterocycles. The zero-order valence-electron chi connectivity index (χ0n) is 9.18. The summed E-state index contributed by atoms with van der Waals surface area (Å²) in [5.41, 5.74) is 0.844. The van der Waals surface area contributed by atoms with E-state index >= 15 is 0 Å². The molecule has 1 heterocycles. The Kier molecular flexibility index (Phi) is 4.30. The number of aryl methyl sites for hydroxylation is 1. The van der Waals surface area contributed by atoms with E-state index in [9.17, 15) is 4.79 Å². The van der Waals surface area contributed by atoms with Gasteiger partial charge >= 0.3 is 5.97 Å². The van der Waals surface area contributed by atoms with Crippen LogP contribution in [0, 0.1) is 0 Å². The van der Waals surface area contributed by atoms with Crippen LogP contribution in [0.25, 0.3) is 0 Å². The van der Waals surface area contributed by atoms with Crippen LogP contribution < -0.4 is 0 Å². The summed E-state index contributed by atoms with van der Waals surface area (Å²) in [7, 11) is 4.03. The van der Waals surface area contributed by atoms with Gasteiger partial charge in [-0.15, -0.1) is 0 Å². The van der Waals surface area contributed by atoms with E-state index in [0.29, 0.717) is 6.42 Å². The standard InChI is InChI=1S/C10H17N3O2/c1-12(2)5-6-13-7-9(11-8-13)3-4-10(14)15/h7-8H,3-6H2,1-2H3,(H,14,15). The molecule has 15 heavy (non-hydrogen) atoms. The molecular formula is C10H17N3O2. The summed E-state index contributed by atoms with van der Waals surface area (Å²) >= 11 is 0. The summed E-state index contributed by atoms with van der Waals surface area (Å²) in [5, 5.41) is 8.52. The van der Waals surface area contributed by atoms with Crippen LogP contribution >= 0.6 is 0 Å². The van der Waals surface area contributed by atoms with Gasteiger partial charge < -0.3 is 14.6 Å². The highest BCUT2D eigenvalue weighted by Gasteiger charge is 2.02. The van der Waals surface area contributed by atoms with Crippen LogP contribution in [0.15, 0.2) is 12.5 Å². The van der Waals surface area contributed by atoms with E-state index in [-0.39, 0.29) is 6.42 Å². The lowest BCUT2D eigenvalue weighted by atomic mass is 10.2. The molecule has 5 nitrogen and oxygen atoms in total. The van der Waals surface area contributed by atoms with Crippen molar-refractivity contribution in [1.29, 1.82) is 0 Å². The molecule has 84 valence electrons. The van der Waals surface area contributed by atoms with Gasteiger partial charge in [-0.05, 0) is 14.1 Å². The SMILES string of the molecule is CN(C)CCn1cnc(CCC(=O)O)c1. The quantitative estimate of drug-likeness (QED) is 0.742. The van der Waals surface area contributed by atoms with Gasteiger partial charge in [0.25, 0.3) is 0 Å². The molecule has 0 radical (unpaired) electrons. The fourth-order valence-corrected chi connectivity index (χ4v) is 1.21. The summed E-state index contributed by atoms with van der Waals surface area (Å²) in [6.07, 6.45) is 4.31. The molecule has 0 unspecified atom stereocenters. The molecule has 0 aromatic carbocycles. The number of imidazole rings is 1. The predicted octanol–water partition coefficient (Wildman–Crippen LogP) is 0.462. The summed E-state index contributed by atoms with van der Waals surface area (Å²) in [6, 6.07) is 0. The summed E-state index contributed by atoms with van der Waals surface area (Å²) in [5.74, 6) is -0.780. The number of aliphatic carboxylic acids is 1. The van der Waals surface area contributed by atoms with Crippen molar-refractivity contribution >= 4 is 5.97 Å². The molecule has 5 heteroatoms. The topological polar surface area (TPSA) is 58.4 Å². The van der Waals surface area contributed by atoms with Crippen LogP contribution in [0.3, 0.4) is 0 Å². The molecular weight excluding hydrogens is 194 g/mol. The molecule has 1 rings (SSSR count). The lowest BCUT2D eigenvalue weighted by Crippen LogP contribution is -2.17. The first-order valence-corrected chi connectivity index (χ1v) is 4.95. The second-order valence-electron chi connectivity index (χ2n) is 3.80. The lowest BCUT2D eigenvalue weighted by molar-refractivity contribution is -0.136. The molecule has 0 aliphatic carbocycles. The van der Waals surface area contributed by atoms with E-state index in [4.69, 9.17) is 5.11 Å². The smallest absolute Gasteiger partial charge is 0.303 e. The number of hydrogen-bond acceptors (Lipinski definition) is 3. The third kappa shape index (κ3) is 4.60. The first-order chi connectivity index (χ1) is 7.08. The van der Waals surface area contributed by atoms with Gasteiger partial charge in [0, 0.05) is 25.7 Å². The van der Waals surface area contributed by atoms with Crippen molar-refractivity contribution in [3.8, 4) is 0 Å². The fraction of sp³-hybridized carbons (Fsp3) is 0.600. The maximum atomic E-state index is 10.4. The van der Waals surface area contributed by atoms with Gasteiger partial charge in [-0.3, -0.25) is 4.79 Å². The average molecular weight is 211 g/mol. The zero-order chi connectivity index (χ0) is 11.3. The Morgan fingerprint density at radius 3 is 2.93 bits per heavy atom. The first kappa shape index (κ1) is 11.7. The monoisotopic (exact) mass is 211 g/mol. The Morgan fingerprint density at radius 1 is 1.60 bits per heavy atom. The van der Waals surface area contributed by atoms with Crippen molar-refractivity contribution in [3.63, 3.8) is 0 Å². The third-order valence-electron chi connectivity index (χ3n) is 2.09. The summed E-state index contributed by atoms with van der Waals surface area (Å²) in [4.78, 5) is 16.6. The number of nitrogens with zero attached hydrogens (tertiary/aromatic N) is 3. The second-order valence-corrected chi connectivity index (χ2v) is 3.80. The van der Waals surface area contributed by atoms with E-state index in [1.807, 2.05) is 24.9 Å². The molecule has 1 aromatic heterocycles. The molecule has 0 spiro atoms. The van der Waals surface area contributed by atoms with Gasteiger partial charge in [0.1, 0.15) is 0 Å². The minimum Gasteiger partial charge on any atom is -0.481 e. The fourth-order valence-electron chi connectivity index (χ4n) is 1.21. The van der Waals surface area contributed by atoms with Crippen LogP contribution in [0.1, 0.15) is 12.1 Å². The Morgan fingerprint density at radius 2 is 2.33 bits per heavy atom. The lowest BCUT2D eigenvalue weighted by Gasteiger charge is -2.08. The average Bonchev–Trinajstić information content (AvgIpc) is 2.59. The number of aromatic nitrogens is 2. The van der Waals surface area contributed by atoms with Crippen molar-refractivity contribution < 1.29 is 9.90 Å². The van der Waals surface area contributed by atoms with Crippen LogP contribution in [-0.4, -0.2) is 46.2 Å². The number of likely N-dealkylation sites (N-methyl/N-ethyl adjacent to an activating group) is 1. The number of carboxylic acid groups (broad SMARTS) is 1. The molecule has 1 aromatic rings. The Labute approximate surface area is 89.3 Å². The number of rotatable bonds is 6. The van der Waals surface area contributed by atoms with E-state index in [1.165, 1.54) is 0 Å². The van der Waals surface area contributed by atoms with Crippen molar-refractivity contribution in [2.45, 2.75) is 19.4 Å². The van der Waals surface area contributed by atoms with Gasteiger partial charge in [0.15, 0.2) is 0 Å². The molecule has 0 saturated carbocycles. The van der Waals surface area contributed by atoms with Crippen molar-refractivity contribution in [1.82, 2.24) is 14.5 Å². The Balaban J connectivity index is 2.38. The van der Waals surface area contributed by atoms with Gasteiger partial charge in [-0.1, -0.05) is 0 Å². The number of hydrogen-bond donors (Lipinski definition) is 1. The minimum absolute atomic E-state index is 0.144. The molecule has 1 N–H and O–H groups in total. The largest absolute Gasteiger partial charge is 0.481 e. The van der Waals surface area contributed by atoms with Gasteiger partial charge in [-0.2, -0.15) is 0 Å². The molecule has 0 aliphatic heterocycles. The van der Waals surface area contributed by atoms with Crippen molar-refractivity contribution in [2.24, 2.45) is 0 Å². The van der Waals surface area contributed by atoms with E-state index in [2.05, 4.69) is 9.88 Å². The normalized spacial score (nSPS) is 10.9. The summed E-state index contributed by atoms with van der Waals surface area (Å²) < 4.78 is 1.98. The van der Waals surface area contributed by atoms with Crippen LogP contribution in [-0.2, 0) is 17.8 Å². The molecule has 0 aliphatic rings. The predicted molar refractivity (Wildman–Crippen MR) is 56.7 cm³/mol. The zero-order valence-corrected chi connectivity index (χ0v) is 9.18. The number of carbonyl (C=O) groups is 1. The maximum absolute atomic E-state index is 10.4. The molecule has 0 bridgehead atoms.